The Balaban J connectivity index is 0.000000251. The molecule has 0 aliphatic carbocycles. The largest absolute Gasteiger partial charge is 0.449 e. The molecule has 234 valence electrons. The van der Waals surface area contributed by atoms with E-state index in [0.29, 0.717) is 13.1 Å². The molecule has 4 rings (SSSR count). The fourth-order valence-corrected chi connectivity index (χ4v) is 4.11. The van der Waals surface area contributed by atoms with Crippen LogP contribution in [0.25, 0.3) is 0 Å². The van der Waals surface area contributed by atoms with Crippen molar-refractivity contribution < 1.29 is 37.1 Å². The molecule has 0 spiro atoms. The van der Waals surface area contributed by atoms with E-state index in [1.54, 1.807) is 60.7 Å². The Labute approximate surface area is 258 Å². The molecule has 11 heteroatoms. The van der Waals surface area contributed by atoms with Gasteiger partial charge in [0.25, 0.3) is 0 Å². The van der Waals surface area contributed by atoms with Gasteiger partial charge in [-0.3, -0.25) is 14.4 Å². The molecule has 0 saturated heterocycles. The van der Waals surface area contributed by atoms with E-state index in [0.717, 1.165) is 27.2 Å². The van der Waals surface area contributed by atoms with E-state index in [-0.39, 0.29) is 13.1 Å². The van der Waals surface area contributed by atoms with Crippen LogP contribution >= 0.6 is 0 Å². The van der Waals surface area contributed by atoms with Crippen LogP contribution in [0.4, 0.5) is 13.2 Å². The van der Waals surface area contributed by atoms with Gasteiger partial charge in [-0.15, -0.1) is 0 Å². The highest BCUT2D eigenvalue weighted by atomic mass is 19.4. The highest BCUT2D eigenvalue weighted by Crippen LogP contribution is 2.16. The summed E-state index contributed by atoms with van der Waals surface area (Å²) in [4.78, 5) is 49.6. The Bertz CT molecular complexity index is 1440. The van der Waals surface area contributed by atoms with Gasteiger partial charge >= 0.3 is 29.9 Å². The van der Waals surface area contributed by atoms with Crippen molar-refractivity contribution in [1.82, 2.24) is 9.80 Å². The Hall–Kier alpha value is -5.45. The van der Waals surface area contributed by atoms with Gasteiger partial charge in [-0.1, -0.05) is 121 Å². The second kappa shape index (κ2) is 17.0. The number of rotatable bonds is 9. The van der Waals surface area contributed by atoms with Crippen LogP contribution in [-0.2, 0) is 50.1 Å². The molecule has 0 saturated carbocycles. The second-order valence-corrected chi connectivity index (χ2v) is 9.82. The number of alkyl halides is 3. The molecule has 2 N–H and O–H groups in total. The first kappa shape index (κ1) is 34.0. The van der Waals surface area contributed by atoms with Gasteiger partial charge in [0.2, 0.25) is 0 Å². The first-order chi connectivity index (χ1) is 21.5. The van der Waals surface area contributed by atoms with Crippen LogP contribution in [0.3, 0.4) is 0 Å². The number of carbonyl (C=O) groups excluding carboxylic acids is 4. The van der Waals surface area contributed by atoms with E-state index in [1.165, 1.54) is 4.90 Å². The molecule has 0 heterocycles. The van der Waals surface area contributed by atoms with Crippen LogP contribution in [0, 0.1) is 0 Å². The molecule has 3 amide bonds. The Kier molecular flexibility index (Phi) is 12.9. The van der Waals surface area contributed by atoms with Crippen molar-refractivity contribution in [3.63, 3.8) is 0 Å². The molecule has 0 aliphatic rings. The van der Waals surface area contributed by atoms with E-state index in [1.807, 2.05) is 60.7 Å². The Morgan fingerprint density at radius 1 is 0.533 bits per heavy atom. The van der Waals surface area contributed by atoms with E-state index in [4.69, 9.17) is 5.73 Å². The molecule has 0 fully saturated rings. The molecule has 0 aliphatic heterocycles. The van der Waals surface area contributed by atoms with Crippen LogP contribution in [0.1, 0.15) is 22.3 Å². The van der Waals surface area contributed by atoms with Crippen molar-refractivity contribution in [3.05, 3.63) is 144 Å². The van der Waals surface area contributed by atoms with Crippen LogP contribution in [0.2, 0.25) is 0 Å². The number of amides is 3. The molecule has 0 aromatic heterocycles. The van der Waals surface area contributed by atoms with Crippen molar-refractivity contribution in [1.29, 1.82) is 0 Å². The molecule has 45 heavy (non-hydrogen) atoms. The fourth-order valence-electron chi connectivity index (χ4n) is 4.11. The SMILES string of the molecule is NC(=O)C(=O)N(Cc1ccccc1)Cc1ccccc1.O=C(OCC(F)(F)F)C(=O)N(Cc1ccccc1)Cc1ccccc1. The first-order valence-electron chi connectivity index (χ1n) is 13.8. The van der Waals surface area contributed by atoms with Gasteiger partial charge in [0.05, 0.1) is 0 Å². The maximum atomic E-state index is 12.3. The van der Waals surface area contributed by atoms with E-state index < -0.39 is 36.5 Å². The average molecular weight is 620 g/mol. The van der Waals surface area contributed by atoms with Crippen LogP contribution < -0.4 is 5.73 Å². The van der Waals surface area contributed by atoms with Crippen LogP contribution in [0.15, 0.2) is 121 Å². The zero-order chi connectivity index (χ0) is 32.7. The fraction of sp³-hybridized carbons (Fsp3) is 0.176. The highest BCUT2D eigenvalue weighted by molar-refractivity contribution is 6.34. The summed E-state index contributed by atoms with van der Waals surface area (Å²) in [7, 11) is 0. The van der Waals surface area contributed by atoms with Crippen molar-refractivity contribution in [2.45, 2.75) is 32.4 Å². The zero-order valence-corrected chi connectivity index (χ0v) is 24.2. The smallest absolute Gasteiger partial charge is 0.422 e. The lowest BCUT2D eigenvalue weighted by molar-refractivity contribution is -0.189. The van der Waals surface area contributed by atoms with Gasteiger partial charge < -0.3 is 20.3 Å². The summed E-state index contributed by atoms with van der Waals surface area (Å²) in [5, 5.41) is 0. The van der Waals surface area contributed by atoms with Crippen LogP contribution in [-0.4, -0.2) is 46.3 Å². The summed E-state index contributed by atoms with van der Waals surface area (Å²) in [5.74, 6) is -4.24. The predicted molar refractivity (Wildman–Crippen MR) is 160 cm³/mol. The summed E-state index contributed by atoms with van der Waals surface area (Å²) < 4.78 is 40.6. The van der Waals surface area contributed by atoms with Crippen molar-refractivity contribution in [3.8, 4) is 0 Å². The van der Waals surface area contributed by atoms with Gasteiger partial charge in [0.15, 0.2) is 6.61 Å². The standard InChI is InChI=1S/C18H16F3NO3.C16H16N2O2/c19-18(20,21)13-25-17(24)16(23)22(11-14-7-3-1-4-8-14)12-15-9-5-2-6-10-15;17-15(19)16(20)18(11-13-7-3-1-4-8-13)12-14-9-5-2-6-10-14/h1-10H,11-13H2;1-10H,11-12H2,(H2,17,19). The number of benzene rings is 4. The van der Waals surface area contributed by atoms with Gasteiger partial charge in [0, 0.05) is 26.2 Å². The summed E-state index contributed by atoms with van der Waals surface area (Å²) >= 11 is 0. The molecule has 4 aromatic carbocycles. The zero-order valence-electron chi connectivity index (χ0n) is 24.2. The number of halogens is 3. The van der Waals surface area contributed by atoms with E-state index >= 15 is 0 Å². The quantitative estimate of drug-likeness (QED) is 0.209. The maximum absolute atomic E-state index is 12.3. The average Bonchev–Trinajstić information content (AvgIpc) is 3.04. The third-order valence-corrected chi connectivity index (χ3v) is 6.19. The number of hydrogen-bond donors (Lipinski definition) is 1. The normalized spacial score (nSPS) is 10.6. The van der Waals surface area contributed by atoms with Gasteiger partial charge in [-0.2, -0.15) is 13.2 Å². The third kappa shape index (κ3) is 12.4. The number of nitrogens with two attached hydrogens (primary N) is 1. The minimum absolute atomic E-state index is 0.0791. The molecule has 0 unspecified atom stereocenters. The van der Waals surface area contributed by atoms with E-state index in [9.17, 15) is 32.3 Å². The van der Waals surface area contributed by atoms with Crippen molar-refractivity contribution in [2.75, 3.05) is 6.61 Å². The molecule has 8 nitrogen and oxygen atoms in total. The molecule has 0 atom stereocenters. The summed E-state index contributed by atoms with van der Waals surface area (Å²) in [6, 6.07) is 36.7. The number of hydrogen-bond acceptors (Lipinski definition) is 5. The topological polar surface area (TPSA) is 110 Å². The van der Waals surface area contributed by atoms with E-state index in [2.05, 4.69) is 4.74 Å². The second-order valence-electron chi connectivity index (χ2n) is 9.82. The number of esters is 1. The Morgan fingerprint density at radius 2 is 0.822 bits per heavy atom. The van der Waals surface area contributed by atoms with Gasteiger partial charge in [-0.25, -0.2) is 4.79 Å². The van der Waals surface area contributed by atoms with Gasteiger partial charge in [0.1, 0.15) is 0 Å². The molecular weight excluding hydrogens is 587 g/mol. The monoisotopic (exact) mass is 619 g/mol. The molecule has 0 radical (unpaired) electrons. The van der Waals surface area contributed by atoms with Gasteiger partial charge in [-0.05, 0) is 22.3 Å². The number of ether oxygens (including phenoxy) is 1. The number of nitrogens with zero attached hydrogens (tertiary/aromatic N) is 2. The summed E-state index contributed by atoms with van der Waals surface area (Å²) in [5.41, 5.74) is 8.52. The van der Waals surface area contributed by atoms with Crippen molar-refractivity contribution >= 4 is 23.7 Å². The molecular formula is C34H32F3N3O5. The lowest BCUT2D eigenvalue weighted by Crippen LogP contribution is -2.39. The minimum atomic E-state index is -4.68. The van der Waals surface area contributed by atoms with Crippen LogP contribution in [0.5, 0.6) is 0 Å². The molecule has 0 bridgehead atoms. The highest BCUT2D eigenvalue weighted by Gasteiger charge is 2.32. The number of primary amides is 1. The molecule has 4 aromatic rings. The Morgan fingerprint density at radius 3 is 1.09 bits per heavy atom. The predicted octanol–water partition coefficient (Wildman–Crippen LogP) is 5.02. The maximum Gasteiger partial charge on any atom is 0.422 e. The summed E-state index contributed by atoms with van der Waals surface area (Å²) in [6.07, 6.45) is -4.68. The lowest BCUT2D eigenvalue weighted by Gasteiger charge is -2.22. The lowest BCUT2D eigenvalue weighted by atomic mass is 10.1. The van der Waals surface area contributed by atoms with Crippen molar-refractivity contribution in [2.24, 2.45) is 5.73 Å². The first-order valence-corrected chi connectivity index (χ1v) is 13.8. The minimum Gasteiger partial charge on any atom is -0.449 e. The third-order valence-electron chi connectivity index (χ3n) is 6.19. The number of carbonyl (C=O) groups is 4. The summed E-state index contributed by atoms with van der Waals surface area (Å²) in [6.45, 7) is -0.914.